The number of benzene rings is 1. The van der Waals surface area contributed by atoms with Crippen LogP contribution in [0.1, 0.15) is 18.4 Å². The third-order valence-electron chi connectivity index (χ3n) is 2.97. The molecule has 1 aromatic carbocycles. The average Bonchev–Trinajstić information content (AvgIpc) is 2.24. The molecule has 102 valence electrons. The summed E-state index contributed by atoms with van der Waals surface area (Å²) in [5.74, 6) is 0.290. The minimum absolute atomic E-state index is 0.290. The molecule has 0 fully saturated rings. The Labute approximate surface area is 116 Å². The normalized spacial score (nSPS) is 12.7. The first-order valence-corrected chi connectivity index (χ1v) is 18.7. The molecular formula is C14H24O2SSn. The van der Waals surface area contributed by atoms with E-state index in [0.717, 1.165) is 18.4 Å². The van der Waals surface area contributed by atoms with Crippen molar-refractivity contribution in [2.24, 2.45) is 0 Å². The Morgan fingerprint density at radius 2 is 1.56 bits per heavy atom. The van der Waals surface area contributed by atoms with E-state index in [1.54, 1.807) is 12.1 Å². The van der Waals surface area contributed by atoms with Crippen molar-refractivity contribution in [3.8, 4) is 0 Å². The van der Waals surface area contributed by atoms with Crippen LogP contribution in [0.5, 0.6) is 0 Å². The molecule has 1 rings (SSSR count). The molecule has 1 aromatic rings. The van der Waals surface area contributed by atoms with Gasteiger partial charge in [-0.1, -0.05) is 0 Å². The van der Waals surface area contributed by atoms with Crippen molar-refractivity contribution in [1.29, 1.82) is 0 Å². The molecule has 4 heteroatoms. The Kier molecular flexibility index (Phi) is 5.71. The average molecular weight is 375 g/mol. The number of rotatable bonds is 6. The van der Waals surface area contributed by atoms with E-state index in [1.165, 1.54) is 4.44 Å². The van der Waals surface area contributed by atoms with Gasteiger partial charge in [0.25, 0.3) is 0 Å². The first-order valence-electron chi connectivity index (χ1n) is 6.50. The van der Waals surface area contributed by atoms with Gasteiger partial charge in [0, 0.05) is 0 Å². The summed E-state index contributed by atoms with van der Waals surface area (Å²) in [6, 6.07) is 7.15. The van der Waals surface area contributed by atoms with E-state index >= 15 is 0 Å². The van der Waals surface area contributed by atoms with Crippen molar-refractivity contribution < 1.29 is 8.42 Å². The summed E-state index contributed by atoms with van der Waals surface area (Å²) in [5.41, 5.74) is 1.09. The van der Waals surface area contributed by atoms with Gasteiger partial charge in [-0.25, -0.2) is 0 Å². The van der Waals surface area contributed by atoms with E-state index in [0.29, 0.717) is 4.90 Å². The molecule has 0 radical (unpaired) electrons. The summed E-state index contributed by atoms with van der Waals surface area (Å²) in [6.07, 6.45) is 1.86. The third kappa shape index (κ3) is 5.74. The predicted octanol–water partition coefficient (Wildman–Crippen LogP) is 3.89. The fourth-order valence-corrected chi connectivity index (χ4v) is 6.92. The van der Waals surface area contributed by atoms with Crippen molar-refractivity contribution in [3.63, 3.8) is 0 Å². The quantitative estimate of drug-likeness (QED) is 0.559. The van der Waals surface area contributed by atoms with Crippen LogP contribution in [0, 0.1) is 6.92 Å². The molecule has 0 saturated carbocycles. The number of hydrogen-bond acceptors (Lipinski definition) is 2. The van der Waals surface area contributed by atoms with Gasteiger partial charge in [-0.05, 0) is 0 Å². The molecule has 0 N–H and O–H groups in total. The summed E-state index contributed by atoms with van der Waals surface area (Å²) >= 11 is -1.71. The van der Waals surface area contributed by atoms with Gasteiger partial charge in [0.05, 0.1) is 0 Å². The van der Waals surface area contributed by atoms with Crippen LogP contribution >= 0.6 is 0 Å². The molecule has 18 heavy (non-hydrogen) atoms. The summed E-state index contributed by atoms with van der Waals surface area (Å²) < 4.78 is 25.4. The molecule has 0 bridgehead atoms. The number of unbranched alkanes of at least 4 members (excludes halogenated alkanes) is 1. The summed E-state index contributed by atoms with van der Waals surface area (Å²) in [7, 11) is -3.07. The predicted molar refractivity (Wildman–Crippen MR) is 80.6 cm³/mol. The molecule has 0 aliphatic rings. The van der Waals surface area contributed by atoms with Crippen LogP contribution < -0.4 is 0 Å². The molecule has 0 aliphatic carbocycles. The Morgan fingerprint density at radius 1 is 1.00 bits per heavy atom. The van der Waals surface area contributed by atoms with Gasteiger partial charge >= 0.3 is 116 Å². The zero-order chi connectivity index (χ0) is 13.8. The van der Waals surface area contributed by atoms with E-state index in [4.69, 9.17) is 0 Å². The maximum atomic E-state index is 12.1. The second-order valence-electron chi connectivity index (χ2n) is 6.15. The second-order valence-corrected chi connectivity index (χ2v) is 24.3. The zero-order valence-corrected chi connectivity index (χ0v) is 15.5. The number of hydrogen-bond donors (Lipinski definition) is 0. The van der Waals surface area contributed by atoms with Gasteiger partial charge in [-0.3, -0.25) is 0 Å². The molecular weight excluding hydrogens is 351 g/mol. The Bertz CT molecular complexity index is 470. The van der Waals surface area contributed by atoms with Gasteiger partial charge in [-0.2, -0.15) is 0 Å². The van der Waals surface area contributed by atoms with E-state index in [9.17, 15) is 8.42 Å². The molecule has 0 saturated heterocycles. The van der Waals surface area contributed by atoms with Gasteiger partial charge < -0.3 is 0 Å². The van der Waals surface area contributed by atoms with Crippen LogP contribution in [-0.4, -0.2) is 32.5 Å². The van der Waals surface area contributed by atoms with Crippen LogP contribution in [0.15, 0.2) is 29.2 Å². The van der Waals surface area contributed by atoms with Crippen molar-refractivity contribution in [1.82, 2.24) is 0 Å². The maximum absolute atomic E-state index is 12.1. The first-order chi connectivity index (χ1) is 8.21. The Hall–Kier alpha value is -0.0313. The van der Waals surface area contributed by atoms with Gasteiger partial charge in [0.1, 0.15) is 0 Å². The van der Waals surface area contributed by atoms with E-state index in [2.05, 4.69) is 14.8 Å². The zero-order valence-electron chi connectivity index (χ0n) is 11.9. The SMILES string of the molecule is Cc1ccc(S(=O)(=O)CCC[CH2][Sn]([CH3])([CH3])[CH3])cc1. The van der Waals surface area contributed by atoms with Crippen LogP contribution in [0.25, 0.3) is 0 Å². The Morgan fingerprint density at radius 3 is 2.06 bits per heavy atom. The second kappa shape index (κ2) is 6.42. The number of aryl methyl sites for hydroxylation is 1. The summed E-state index contributed by atoms with van der Waals surface area (Å²) in [6.45, 7) is 1.97. The van der Waals surface area contributed by atoms with E-state index in [1.807, 2.05) is 19.1 Å². The molecule has 0 spiro atoms. The van der Waals surface area contributed by atoms with Crippen LogP contribution in [-0.2, 0) is 9.84 Å². The van der Waals surface area contributed by atoms with Crippen molar-refractivity contribution in [3.05, 3.63) is 29.8 Å². The summed E-state index contributed by atoms with van der Waals surface area (Å²) in [5, 5.41) is 0. The monoisotopic (exact) mass is 376 g/mol. The fraction of sp³-hybridized carbons (Fsp3) is 0.571. The molecule has 0 unspecified atom stereocenters. The van der Waals surface area contributed by atoms with Gasteiger partial charge in [0.2, 0.25) is 0 Å². The van der Waals surface area contributed by atoms with Crippen LogP contribution in [0.3, 0.4) is 0 Å². The van der Waals surface area contributed by atoms with Crippen molar-refractivity contribution >= 4 is 28.2 Å². The third-order valence-corrected chi connectivity index (χ3v) is 10.1. The van der Waals surface area contributed by atoms with Crippen molar-refractivity contribution in [2.45, 2.75) is 43.9 Å². The van der Waals surface area contributed by atoms with Crippen LogP contribution in [0.2, 0.25) is 19.3 Å². The van der Waals surface area contributed by atoms with Gasteiger partial charge in [-0.15, -0.1) is 0 Å². The fourth-order valence-electron chi connectivity index (χ4n) is 1.81. The Balaban J connectivity index is 2.53. The molecule has 0 amide bonds. The van der Waals surface area contributed by atoms with Crippen molar-refractivity contribution in [2.75, 3.05) is 5.75 Å². The molecule has 0 aliphatic heterocycles. The first kappa shape index (κ1) is 16.0. The van der Waals surface area contributed by atoms with E-state index in [-0.39, 0.29) is 5.75 Å². The molecule has 0 heterocycles. The molecule has 2 nitrogen and oxygen atoms in total. The van der Waals surface area contributed by atoms with E-state index < -0.39 is 28.2 Å². The topological polar surface area (TPSA) is 34.1 Å². The molecule has 0 aromatic heterocycles. The van der Waals surface area contributed by atoms with Crippen LogP contribution in [0.4, 0.5) is 0 Å². The molecule has 0 atom stereocenters. The van der Waals surface area contributed by atoms with Gasteiger partial charge in [0.15, 0.2) is 0 Å². The summed E-state index contributed by atoms with van der Waals surface area (Å²) in [4.78, 5) is 7.64. The standard InChI is InChI=1S/C11H15O2S.3CH3.Sn/c1-3-4-9-14(12,13)11-7-5-10(2)6-8-11;;;;/h5-8H,1,3-4,9H2,2H3;3*1H3;. The minimum atomic E-state index is -3.07. The number of sulfone groups is 1.